The third kappa shape index (κ3) is 3.52. The van der Waals surface area contributed by atoms with Gasteiger partial charge in [0.15, 0.2) is 0 Å². The lowest BCUT2D eigenvalue weighted by Gasteiger charge is -2.42. The Morgan fingerprint density at radius 3 is 2.62 bits per heavy atom. The molecule has 5 rings (SSSR count). The molecule has 0 saturated heterocycles. The number of para-hydroxylation sites is 1. The predicted molar refractivity (Wildman–Crippen MR) is 127 cm³/mol. The predicted octanol–water partition coefficient (Wildman–Crippen LogP) is 5.55. The molecule has 1 aromatic heterocycles. The van der Waals surface area contributed by atoms with Gasteiger partial charge in [-0.3, -0.25) is 9.69 Å². The normalized spacial score (nSPS) is 23.6. The molecule has 0 radical (unpaired) electrons. The lowest BCUT2D eigenvalue weighted by atomic mass is 9.79. The molecule has 2 unspecified atom stereocenters. The van der Waals surface area contributed by atoms with E-state index in [0.29, 0.717) is 13.0 Å². The number of nitrogens with one attached hydrogen (secondary N) is 1. The van der Waals surface area contributed by atoms with E-state index in [-0.39, 0.29) is 17.2 Å². The molecular formula is C28H26F2N2O2. The van der Waals surface area contributed by atoms with Crippen molar-refractivity contribution < 1.29 is 18.7 Å². The Kier molecular flexibility index (Phi) is 5.75. The van der Waals surface area contributed by atoms with E-state index in [1.165, 1.54) is 12.1 Å². The van der Waals surface area contributed by atoms with Crippen molar-refractivity contribution in [3.8, 4) is 11.8 Å². The minimum Gasteiger partial charge on any atom is -0.480 e. The fourth-order valence-corrected chi connectivity index (χ4v) is 5.42. The SMILES string of the molecule is C=CCCN1[C@H](CC)Cc2c([nH]c3ccccc23)[C@H]1c1c(F)cc(C2C#CC2C(=O)O)cc1F. The molecule has 174 valence electrons. The van der Waals surface area contributed by atoms with Crippen LogP contribution in [-0.4, -0.2) is 33.5 Å². The van der Waals surface area contributed by atoms with Crippen molar-refractivity contribution in [3.63, 3.8) is 0 Å². The number of rotatable bonds is 7. The van der Waals surface area contributed by atoms with Gasteiger partial charge in [0, 0.05) is 34.7 Å². The maximum Gasteiger partial charge on any atom is 0.320 e. The second kappa shape index (κ2) is 8.73. The number of H-pyrrole nitrogens is 1. The van der Waals surface area contributed by atoms with Gasteiger partial charge in [0.05, 0.1) is 12.0 Å². The van der Waals surface area contributed by atoms with Crippen molar-refractivity contribution in [2.45, 2.75) is 44.2 Å². The van der Waals surface area contributed by atoms with E-state index in [2.05, 4.69) is 35.2 Å². The number of carbonyl (C=O) groups is 1. The van der Waals surface area contributed by atoms with Crippen LogP contribution in [0.1, 0.15) is 54.1 Å². The number of carboxylic acids is 1. The van der Waals surface area contributed by atoms with Crippen LogP contribution in [0.2, 0.25) is 0 Å². The molecule has 0 saturated carbocycles. The summed E-state index contributed by atoms with van der Waals surface area (Å²) in [6.07, 6.45) is 4.15. The Labute approximate surface area is 197 Å². The molecule has 2 aliphatic rings. The molecule has 6 heteroatoms. The molecule has 0 fully saturated rings. The van der Waals surface area contributed by atoms with Crippen LogP contribution in [0.3, 0.4) is 0 Å². The summed E-state index contributed by atoms with van der Waals surface area (Å²) in [6, 6.07) is 9.96. The minimum absolute atomic E-state index is 0.0158. The summed E-state index contributed by atoms with van der Waals surface area (Å²) in [5, 5.41) is 10.4. The highest BCUT2D eigenvalue weighted by Crippen LogP contribution is 2.44. The number of hydrogen-bond acceptors (Lipinski definition) is 2. The van der Waals surface area contributed by atoms with Gasteiger partial charge in [0.25, 0.3) is 0 Å². The van der Waals surface area contributed by atoms with Crippen molar-refractivity contribution in [3.05, 3.63) is 83.1 Å². The largest absolute Gasteiger partial charge is 0.480 e. The number of fused-ring (bicyclic) bond motifs is 3. The van der Waals surface area contributed by atoms with E-state index in [0.717, 1.165) is 35.0 Å². The van der Waals surface area contributed by atoms with Crippen LogP contribution in [0.4, 0.5) is 8.78 Å². The molecule has 1 aliphatic carbocycles. The van der Waals surface area contributed by atoms with Crippen LogP contribution < -0.4 is 0 Å². The molecule has 3 aromatic rings. The third-order valence-electron chi connectivity index (χ3n) is 7.15. The average Bonchev–Trinajstić information content (AvgIpc) is 3.14. The van der Waals surface area contributed by atoms with Crippen LogP contribution in [0, 0.1) is 29.4 Å². The molecular weight excluding hydrogens is 434 g/mol. The number of carboxylic acid groups (broad SMARTS) is 1. The summed E-state index contributed by atoms with van der Waals surface area (Å²) >= 11 is 0. The molecule has 0 spiro atoms. The quantitative estimate of drug-likeness (QED) is 0.359. The number of hydrogen-bond donors (Lipinski definition) is 2. The molecule has 2 heterocycles. The van der Waals surface area contributed by atoms with Crippen molar-refractivity contribution in [1.82, 2.24) is 9.88 Å². The van der Waals surface area contributed by atoms with Crippen LogP contribution in [0.15, 0.2) is 49.1 Å². The minimum atomic E-state index is -1.08. The number of aromatic amines is 1. The number of aliphatic carboxylic acids is 1. The zero-order valence-corrected chi connectivity index (χ0v) is 18.9. The maximum atomic E-state index is 15.7. The summed E-state index contributed by atoms with van der Waals surface area (Å²) in [6.45, 7) is 6.55. The van der Waals surface area contributed by atoms with Gasteiger partial charge in [-0.25, -0.2) is 8.78 Å². The zero-order chi connectivity index (χ0) is 24.0. The van der Waals surface area contributed by atoms with Gasteiger partial charge in [-0.05, 0) is 48.6 Å². The number of benzene rings is 2. The highest BCUT2D eigenvalue weighted by atomic mass is 19.1. The van der Waals surface area contributed by atoms with Crippen LogP contribution in [0.5, 0.6) is 0 Å². The van der Waals surface area contributed by atoms with E-state index < -0.39 is 35.5 Å². The summed E-state index contributed by atoms with van der Waals surface area (Å²) in [4.78, 5) is 17.0. The van der Waals surface area contributed by atoms with Crippen molar-refractivity contribution in [2.75, 3.05) is 6.54 Å². The van der Waals surface area contributed by atoms with Gasteiger partial charge in [0.1, 0.15) is 17.6 Å². The summed E-state index contributed by atoms with van der Waals surface area (Å²) in [5.74, 6) is 1.23. The lowest BCUT2D eigenvalue weighted by molar-refractivity contribution is -0.140. The second-order valence-corrected chi connectivity index (χ2v) is 9.03. The summed E-state index contributed by atoms with van der Waals surface area (Å²) < 4.78 is 31.4. The van der Waals surface area contributed by atoms with Gasteiger partial charge in [-0.2, -0.15) is 0 Å². The van der Waals surface area contributed by atoms with E-state index in [1.807, 2.05) is 30.3 Å². The number of aromatic nitrogens is 1. The van der Waals surface area contributed by atoms with Crippen molar-refractivity contribution >= 4 is 16.9 Å². The topological polar surface area (TPSA) is 56.3 Å². The second-order valence-electron chi connectivity index (χ2n) is 9.03. The molecule has 1 aliphatic heterocycles. The van der Waals surface area contributed by atoms with E-state index >= 15 is 8.78 Å². The Balaban J connectivity index is 1.66. The third-order valence-corrected chi connectivity index (χ3v) is 7.15. The van der Waals surface area contributed by atoms with Gasteiger partial charge < -0.3 is 10.1 Å². The molecule has 0 amide bonds. The van der Waals surface area contributed by atoms with Crippen molar-refractivity contribution in [2.24, 2.45) is 5.92 Å². The van der Waals surface area contributed by atoms with Gasteiger partial charge in [-0.15, -0.1) is 6.58 Å². The molecule has 0 bridgehead atoms. The molecule has 2 N–H and O–H groups in total. The van der Waals surface area contributed by atoms with Gasteiger partial charge >= 0.3 is 5.97 Å². The van der Waals surface area contributed by atoms with Crippen LogP contribution in [-0.2, 0) is 11.2 Å². The zero-order valence-electron chi connectivity index (χ0n) is 18.9. The first-order valence-electron chi connectivity index (χ1n) is 11.6. The molecule has 2 aromatic carbocycles. The smallest absolute Gasteiger partial charge is 0.320 e. The Hall–Kier alpha value is -3.43. The van der Waals surface area contributed by atoms with Gasteiger partial charge in [-0.1, -0.05) is 43.0 Å². The number of nitrogens with zero attached hydrogens (tertiary/aromatic N) is 1. The Morgan fingerprint density at radius 2 is 2.00 bits per heavy atom. The molecule has 4 atom stereocenters. The first kappa shape index (κ1) is 22.4. The maximum absolute atomic E-state index is 15.7. The van der Waals surface area contributed by atoms with Crippen molar-refractivity contribution in [1.29, 1.82) is 0 Å². The van der Waals surface area contributed by atoms with Crippen LogP contribution >= 0.6 is 0 Å². The van der Waals surface area contributed by atoms with E-state index in [1.54, 1.807) is 0 Å². The highest BCUT2D eigenvalue weighted by Gasteiger charge is 2.40. The molecule has 4 nitrogen and oxygen atoms in total. The Morgan fingerprint density at radius 1 is 1.26 bits per heavy atom. The summed E-state index contributed by atoms with van der Waals surface area (Å²) in [7, 11) is 0. The lowest BCUT2D eigenvalue weighted by Crippen LogP contribution is -2.45. The average molecular weight is 461 g/mol. The fraction of sp³-hybridized carbons (Fsp3) is 0.321. The monoisotopic (exact) mass is 460 g/mol. The van der Waals surface area contributed by atoms with E-state index in [9.17, 15) is 9.90 Å². The van der Waals surface area contributed by atoms with Gasteiger partial charge in [0.2, 0.25) is 0 Å². The van der Waals surface area contributed by atoms with E-state index in [4.69, 9.17) is 0 Å². The standard InChI is InChI=1S/C28H26F2N2O2/c1-3-5-12-32-17(4-2)15-21-19-8-6-7-9-24(19)31-26(21)27(32)25-22(29)13-16(14-23(25)30)18-10-11-20(18)28(33)34/h3,6-9,13-14,17-18,20,27,31H,1,4-5,12,15H2,2H3,(H,33,34)/t17-,18?,20?,27-/m1/s1. The first-order chi connectivity index (χ1) is 16.4. The first-order valence-corrected chi connectivity index (χ1v) is 11.6. The number of halogens is 2. The summed E-state index contributed by atoms with van der Waals surface area (Å²) in [5.41, 5.74) is 3.11. The Bertz CT molecular complexity index is 1330. The highest BCUT2D eigenvalue weighted by molar-refractivity contribution is 5.85. The molecule has 34 heavy (non-hydrogen) atoms. The fourth-order valence-electron chi connectivity index (χ4n) is 5.42. The van der Waals surface area contributed by atoms with Crippen LogP contribution in [0.25, 0.3) is 10.9 Å².